The summed E-state index contributed by atoms with van der Waals surface area (Å²) in [6.45, 7) is 0.316. The van der Waals surface area contributed by atoms with Crippen molar-refractivity contribution in [3.8, 4) is 10.6 Å². The number of carbonyl (C=O) groups excluding carboxylic acids is 1. The normalized spacial score (nSPS) is 11.6. The Hall–Kier alpha value is -2.25. The van der Waals surface area contributed by atoms with E-state index in [1.165, 1.54) is 6.26 Å². The quantitative estimate of drug-likeness (QED) is 0.673. The van der Waals surface area contributed by atoms with Gasteiger partial charge < -0.3 is 5.32 Å². The Morgan fingerprint density at radius 1 is 1.20 bits per heavy atom. The Bertz CT molecular complexity index is 996. The van der Waals surface area contributed by atoms with Gasteiger partial charge in [0.15, 0.2) is 0 Å². The zero-order chi connectivity index (χ0) is 17.9. The molecule has 130 valence electrons. The van der Waals surface area contributed by atoms with E-state index >= 15 is 0 Å². The Morgan fingerprint density at radius 3 is 2.72 bits per heavy atom. The van der Waals surface area contributed by atoms with Crippen LogP contribution in [0, 0.1) is 0 Å². The van der Waals surface area contributed by atoms with E-state index in [2.05, 4.69) is 10.3 Å². The number of carbonyl (C=O) groups is 1. The number of para-hydroxylation sites is 1. The van der Waals surface area contributed by atoms with E-state index in [0.717, 1.165) is 21.5 Å². The number of benzene rings is 1. The number of hydrogen-bond acceptors (Lipinski definition) is 5. The van der Waals surface area contributed by atoms with Gasteiger partial charge in [0.2, 0.25) is 0 Å². The van der Waals surface area contributed by atoms with Gasteiger partial charge in [-0.05, 0) is 30.0 Å². The fraction of sp³-hybridized carbons (Fsp3) is 0.222. The first-order valence-corrected chi connectivity index (χ1v) is 10.8. The lowest BCUT2D eigenvalue weighted by atomic mass is 10.1. The first-order chi connectivity index (χ1) is 11.9. The summed E-state index contributed by atoms with van der Waals surface area (Å²) in [4.78, 5) is 18.3. The van der Waals surface area contributed by atoms with Crippen LogP contribution in [0.2, 0.25) is 0 Å². The lowest BCUT2D eigenvalue weighted by Crippen LogP contribution is -2.26. The number of pyridine rings is 1. The summed E-state index contributed by atoms with van der Waals surface area (Å²) in [7, 11) is -3.02. The fourth-order valence-electron chi connectivity index (χ4n) is 2.55. The molecule has 25 heavy (non-hydrogen) atoms. The number of aromatic nitrogens is 1. The highest BCUT2D eigenvalue weighted by molar-refractivity contribution is 7.90. The van der Waals surface area contributed by atoms with E-state index in [-0.39, 0.29) is 11.7 Å². The van der Waals surface area contributed by atoms with Crippen molar-refractivity contribution in [2.24, 2.45) is 0 Å². The van der Waals surface area contributed by atoms with Gasteiger partial charge >= 0.3 is 0 Å². The second kappa shape index (κ2) is 7.33. The molecule has 0 spiro atoms. The number of amides is 1. The molecule has 3 aromatic rings. The van der Waals surface area contributed by atoms with Crippen LogP contribution in [-0.2, 0) is 9.84 Å². The maximum absolute atomic E-state index is 12.6. The van der Waals surface area contributed by atoms with Crippen molar-refractivity contribution in [1.29, 1.82) is 0 Å². The van der Waals surface area contributed by atoms with Crippen molar-refractivity contribution in [3.05, 3.63) is 53.4 Å². The molecule has 0 aliphatic carbocycles. The Kier molecular flexibility index (Phi) is 5.15. The van der Waals surface area contributed by atoms with Gasteiger partial charge in [-0.25, -0.2) is 13.4 Å². The molecule has 2 aromatic heterocycles. The third kappa shape index (κ3) is 4.43. The van der Waals surface area contributed by atoms with Gasteiger partial charge in [0.05, 0.1) is 27.4 Å². The number of nitrogens with one attached hydrogen (secondary N) is 1. The summed E-state index contributed by atoms with van der Waals surface area (Å²) < 4.78 is 22.4. The molecule has 7 heteroatoms. The highest BCUT2D eigenvalue weighted by Gasteiger charge is 2.14. The smallest absolute Gasteiger partial charge is 0.252 e. The molecular weight excluding hydrogens is 356 g/mol. The molecule has 0 saturated carbocycles. The first-order valence-electron chi connectivity index (χ1n) is 7.84. The molecule has 0 fully saturated rings. The second-order valence-electron chi connectivity index (χ2n) is 5.79. The van der Waals surface area contributed by atoms with Crippen molar-refractivity contribution in [2.45, 2.75) is 6.42 Å². The van der Waals surface area contributed by atoms with Gasteiger partial charge in [-0.3, -0.25) is 4.79 Å². The third-order valence-electron chi connectivity index (χ3n) is 3.71. The molecule has 2 heterocycles. The van der Waals surface area contributed by atoms with Crippen LogP contribution < -0.4 is 5.32 Å². The van der Waals surface area contributed by atoms with Gasteiger partial charge in [0.1, 0.15) is 9.84 Å². The van der Waals surface area contributed by atoms with Crippen LogP contribution in [0.3, 0.4) is 0 Å². The molecule has 0 aliphatic heterocycles. The predicted molar refractivity (Wildman–Crippen MR) is 102 cm³/mol. The van der Waals surface area contributed by atoms with Crippen LogP contribution in [0.15, 0.2) is 47.8 Å². The standard InChI is InChI=1S/C18H18N2O3S2/c1-25(22,23)11-5-9-19-18(21)14-12-16(17-8-4-10-24-17)20-15-7-3-2-6-13(14)15/h2-4,6-8,10,12H,5,9,11H2,1H3,(H,19,21). The highest BCUT2D eigenvalue weighted by atomic mass is 32.2. The predicted octanol–water partition coefficient (Wildman–Crippen LogP) is 3.13. The van der Waals surface area contributed by atoms with E-state index < -0.39 is 9.84 Å². The fourth-order valence-corrected chi connectivity index (χ4v) is 3.90. The molecule has 0 unspecified atom stereocenters. The van der Waals surface area contributed by atoms with Crippen LogP contribution in [0.25, 0.3) is 21.5 Å². The summed E-state index contributed by atoms with van der Waals surface area (Å²) in [6.07, 6.45) is 1.59. The van der Waals surface area contributed by atoms with E-state index in [9.17, 15) is 13.2 Å². The number of rotatable bonds is 6. The largest absolute Gasteiger partial charge is 0.352 e. The Morgan fingerprint density at radius 2 is 2.00 bits per heavy atom. The van der Waals surface area contributed by atoms with Crippen molar-refractivity contribution < 1.29 is 13.2 Å². The van der Waals surface area contributed by atoms with Gasteiger partial charge in [-0.15, -0.1) is 11.3 Å². The average Bonchev–Trinajstić information content (AvgIpc) is 3.11. The monoisotopic (exact) mass is 374 g/mol. The number of thiophene rings is 1. The van der Waals surface area contributed by atoms with Gasteiger partial charge in [0, 0.05) is 18.2 Å². The summed E-state index contributed by atoms with van der Waals surface area (Å²) in [5.41, 5.74) is 2.07. The summed E-state index contributed by atoms with van der Waals surface area (Å²) in [5.74, 6) is -0.157. The molecule has 0 bridgehead atoms. The molecule has 3 rings (SSSR count). The van der Waals surface area contributed by atoms with Gasteiger partial charge in [-0.1, -0.05) is 24.3 Å². The van der Waals surface area contributed by atoms with Gasteiger partial charge in [-0.2, -0.15) is 0 Å². The molecule has 1 N–H and O–H groups in total. The molecule has 5 nitrogen and oxygen atoms in total. The maximum atomic E-state index is 12.6. The topological polar surface area (TPSA) is 76.1 Å². The number of nitrogens with zero attached hydrogens (tertiary/aromatic N) is 1. The second-order valence-corrected chi connectivity index (χ2v) is 9.00. The average molecular weight is 374 g/mol. The molecule has 1 aromatic carbocycles. The molecule has 0 atom stereocenters. The minimum atomic E-state index is -3.02. The summed E-state index contributed by atoms with van der Waals surface area (Å²) >= 11 is 1.57. The number of hydrogen-bond donors (Lipinski definition) is 1. The summed E-state index contributed by atoms with van der Waals surface area (Å²) in [5, 5.41) is 5.56. The Balaban J connectivity index is 1.87. The SMILES string of the molecule is CS(=O)(=O)CCCNC(=O)c1cc(-c2cccs2)nc2ccccc12. The van der Waals surface area contributed by atoms with E-state index in [0.29, 0.717) is 18.5 Å². The minimum absolute atomic E-state index is 0.0603. The van der Waals surface area contributed by atoms with E-state index in [4.69, 9.17) is 0 Å². The number of fused-ring (bicyclic) bond motifs is 1. The lowest BCUT2D eigenvalue weighted by Gasteiger charge is -2.10. The van der Waals surface area contributed by atoms with Crippen LogP contribution >= 0.6 is 11.3 Å². The number of sulfone groups is 1. The van der Waals surface area contributed by atoms with Crippen LogP contribution in [0.5, 0.6) is 0 Å². The first kappa shape index (κ1) is 17.6. The maximum Gasteiger partial charge on any atom is 0.252 e. The van der Waals surface area contributed by atoms with Crippen LogP contribution in [-0.4, -0.2) is 37.9 Å². The molecule has 0 aliphatic rings. The summed E-state index contributed by atoms with van der Waals surface area (Å²) in [6, 6.07) is 13.2. The van der Waals surface area contributed by atoms with Crippen molar-refractivity contribution in [3.63, 3.8) is 0 Å². The Labute approximate surface area is 150 Å². The van der Waals surface area contributed by atoms with Gasteiger partial charge in [0.25, 0.3) is 5.91 Å². The highest BCUT2D eigenvalue weighted by Crippen LogP contribution is 2.27. The zero-order valence-corrected chi connectivity index (χ0v) is 15.4. The van der Waals surface area contributed by atoms with E-state index in [1.54, 1.807) is 17.4 Å². The van der Waals surface area contributed by atoms with E-state index in [1.807, 2.05) is 41.8 Å². The molecule has 0 saturated heterocycles. The third-order valence-corrected chi connectivity index (χ3v) is 5.63. The molecule has 0 radical (unpaired) electrons. The van der Waals surface area contributed by atoms with Crippen LogP contribution in [0.4, 0.5) is 0 Å². The minimum Gasteiger partial charge on any atom is -0.352 e. The zero-order valence-electron chi connectivity index (χ0n) is 13.7. The van der Waals surface area contributed by atoms with Crippen LogP contribution in [0.1, 0.15) is 16.8 Å². The molecular formula is C18H18N2O3S2. The van der Waals surface area contributed by atoms with Crippen molar-refractivity contribution in [2.75, 3.05) is 18.6 Å². The van der Waals surface area contributed by atoms with Crippen molar-refractivity contribution in [1.82, 2.24) is 10.3 Å². The molecule has 1 amide bonds. The van der Waals surface area contributed by atoms with Crippen molar-refractivity contribution >= 4 is 38.0 Å². The lowest BCUT2D eigenvalue weighted by molar-refractivity contribution is 0.0955.